The lowest BCUT2D eigenvalue weighted by Gasteiger charge is -2.25. The second kappa shape index (κ2) is 6.48. The van der Waals surface area contributed by atoms with Gasteiger partial charge in [-0.25, -0.2) is 0 Å². The molecule has 0 spiro atoms. The molecule has 1 heterocycles. The van der Waals surface area contributed by atoms with Crippen LogP contribution in [0.1, 0.15) is 39.7 Å². The SMILES string of the molecule is CC1(CC(OC(=O)Cc2ccccc2)C(=O)NC(C)(C)C)N=N1. The van der Waals surface area contributed by atoms with E-state index in [-0.39, 0.29) is 18.7 Å². The maximum absolute atomic E-state index is 12.4. The quantitative estimate of drug-likeness (QED) is 0.819. The van der Waals surface area contributed by atoms with Gasteiger partial charge >= 0.3 is 5.97 Å². The fourth-order valence-electron chi connectivity index (χ4n) is 2.12. The summed E-state index contributed by atoms with van der Waals surface area (Å²) in [6.45, 7) is 7.43. The Hall–Kier alpha value is -2.24. The van der Waals surface area contributed by atoms with Gasteiger partial charge in [-0.2, -0.15) is 10.2 Å². The number of esters is 1. The van der Waals surface area contributed by atoms with E-state index in [1.165, 1.54) is 0 Å². The summed E-state index contributed by atoms with van der Waals surface area (Å²) < 4.78 is 5.41. The molecule has 2 rings (SSSR count). The number of ether oxygens (including phenoxy) is 1. The predicted molar refractivity (Wildman–Crippen MR) is 85.8 cm³/mol. The van der Waals surface area contributed by atoms with Gasteiger partial charge in [0, 0.05) is 12.0 Å². The normalized spacial score (nSPS) is 16.5. The van der Waals surface area contributed by atoms with Crippen LogP contribution in [0.25, 0.3) is 0 Å². The fraction of sp³-hybridized carbons (Fsp3) is 0.529. The van der Waals surface area contributed by atoms with Gasteiger partial charge in [0.25, 0.3) is 5.91 Å². The molecule has 0 aliphatic carbocycles. The lowest BCUT2D eigenvalue weighted by Crippen LogP contribution is -2.48. The van der Waals surface area contributed by atoms with E-state index >= 15 is 0 Å². The first kappa shape index (κ1) is 17.1. The third-order valence-corrected chi connectivity index (χ3v) is 3.27. The molecule has 1 aromatic carbocycles. The van der Waals surface area contributed by atoms with Crippen molar-refractivity contribution in [2.45, 2.75) is 57.8 Å². The Morgan fingerprint density at radius 3 is 2.35 bits per heavy atom. The van der Waals surface area contributed by atoms with Crippen LogP contribution in [0.3, 0.4) is 0 Å². The maximum Gasteiger partial charge on any atom is 0.311 e. The monoisotopic (exact) mass is 317 g/mol. The second-order valence-corrected chi connectivity index (χ2v) is 7.00. The van der Waals surface area contributed by atoms with Crippen LogP contribution >= 0.6 is 0 Å². The molecule has 0 bridgehead atoms. The summed E-state index contributed by atoms with van der Waals surface area (Å²) in [5.74, 6) is -0.757. The van der Waals surface area contributed by atoms with Crippen molar-refractivity contribution in [2.24, 2.45) is 10.2 Å². The van der Waals surface area contributed by atoms with Gasteiger partial charge in [0.2, 0.25) is 0 Å². The van der Waals surface area contributed by atoms with Crippen molar-refractivity contribution in [3.05, 3.63) is 35.9 Å². The summed E-state index contributed by atoms with van der Waals surface area (Å²) in [5.41, 5.74) is -0.174. The number of benzene rings is 1. The first-order chi connectivity index (χ1) is 10.7. The van der Waals surface area contributed by atoms with Gasteiger partial charge in [0.1, 0.15) is 0 Å². The second-order valence-electron chi connectivity index (χ2n) is 7.00. The largest absolute Gasteiger partial charge is 0.452 e. The Labute approximate surface area is 136 Å². The zero-order chi connectivity index (χ0) is 17.1. The highest BCUT2D eigenvalue weighted by molar-refractivity contribution is 5.84. The molecule has 1 atom stereocenters. The molecule has 6 heteroatoms. The number of rotatable bonds is 6. The molecule has 1 unspecified atom stereocenters. The van der Waals surface area contributed by atoms with E-state index in [4.69, 9.17) is 4.74 Å². The van der Waals surface area contributed by atoms with Crippen molar-refractivity contribution < 1.29 is 14.3 Å². The van der Waals surface area contributed by atoms with E-state index in [1.807, 2.05) is 51.1 Å². The van der Waals surface area contributed by atoms with E-state index in [9.17, 15) is 9.59 Å². The Morgan fingerprint density at radius 1 is 1.22 bits per heavy atom. The Bertz CT molecular complexity index is 599. The molecule has 0 fully saturated rings. The molecule has 6 nitrogen and oxygen atoms in total. The van der Waals surface area contributed by atoms with Crippen LogP contribution in [-0.2, 0) is 20.7 Å². The molecule has 1 N–H and O–H groups in total. The van der Waals surface area contributed by atoms with Crippen molar-refractivity contribution in [1.29, 1.82) is 0 Å². The van der Waals surface area contributed by atoms with Crippen LogP contribution in [-0.4, -0.2) is 29.2 Å². The molecule has 124 valence electrons. The molecule has 0 saturated heterocycles. The molecule has 0 radical (unpaired) electrons. The first-order valence-electron chi connectivity index (χ1n) is 7.66. The summed E-state index contributed by atoms with van der Waals surface area (Å²) in [5, 5.41) is 10.6. The minimum absolute atomic E-state index is 0.130. The van der Waals surface area contributed by atoms with Crippen molar-refractivity contribution in [3.63, 3.8) is 0 Å². The van der Waals surface area contributed by atoms with E-state index in [1.54, 1.807) is 6.92 Å². The number of carbonyl (C=O) groups is 2. The minimum Gasteiger partial charge on any atom is -0.452 e. The minimum atomic E-state index is -0.898. The summed E-state index contributed by atoms with van der Waals surface area (Å²) in [4.78, 5) is 24.5. The van der Waals surface area contributed by atoms with E-state index in [0.717, 1.165) is 5.56 Å². The number of nitrogens with one attached hydrogen (secondary N) is 1. The zero-order valence-electron chi connectivity index (χ0n) is 14.0. The predicted octanol–water partition coefficient (Wildman–Crippen LogP) is 2.63. The average Bonchev–Trinajstić information content (AvgIpc) is 3.15. The van der Waals surface area contributed by atoms with Crippen molar-refractivity contribution in [2.75, 3.05) is 0 Å². The molecular formula is C17H23N3O3. The summed E-state index contributed by atoms with van der Waals surface area (Å²) in [6, 6.07) is 9.28. The van der Waals surface area contributed by atoms with E-state index < -0.39 is 23.3 Å². The van der Waals surface area contributed by atoms with E-state index in [0.29, 0.717) is 0 Å². The number of carbonyl (C=O) groups excluding carboxylic acids is 2. The van der Waals surface area contributed by atoms with Crippen molar-refractivity contribution >= 4 is 11.9 Å². The Balaban J connectivity index is 1.99. The van der Waals surface area contributed by atoms with Crippen LogP contribution in [0.5, 0.6) is 0 Å². The van der Waals surface area contributed by atoms with Gasteiger partial charge < -0.3 is 10.1 Å². The molecule has 1 aliphatic rings. The van der Waals surface area contributed by atoms with Gasteiger partial charge in [0.05, 0.1) is 6.42 Å². The van der Waals surface area contributed by atoms with Gasteiger partial charge in [-0.15, -0.1) is 0 Å². The van der Waals surface area contributed by atoms with Crippen molar-refractivity contribution in [3.8, 4) is 0 Å². The van der Waals surface area contributed by atoms with Gasteiger partial charge in [-0.05, 0) is 33.3 Å². The van der Waals surface area contributed by atoms with Gasteiger partial charge in [-0.3, -0.25) is 9.59 Å². The number of nitrogens with zero attached hydrogens (tertiary/aromatic N) is 2. The van der Waals surface area contributed by atoms with E-state index in [2.05, 4.69) is 15.5 Å². The molecule has 1 aromatic rings. The molecule has 1 amide bonds. The molecular weight excluding hydrogens is 294 g/mol. The van der Waals surface area contributed by atoms with Crippen LogP contribution < -0.4 is 5.32 Å². The summed E-state index contributed by atoms with van der Waals surface area (Å²) in [7, 11) is 0. The Morgan fingerprint density at radius 2 is 1.83 bits per heavy atom. The third kappa shape index (κ3) is 5.81. The summed E-state index contributed by atoms with van der Waals surface area (Å²) >= 11 is 0. The number of amides is 1. The lowest BCUT2D eigenvalue weighted by atomic mass is 10.0. The smallest absolute Gasteiger partial charge is 0.311 e. The standard InChI is InChI=1S/C17H23N3O3/c1-16(2,3)18-15(22)13(11-17(4)19-20-17)23-14(21)10-12-8-6-5-7-9-12/h5-9,13H,10-11H2,1-4H3,(H,18,22). The lowest BCUT2D eigenvalue weighted by molar-refractivity contribution is -0.156. The first-order valence-corrected chi connectivity index (χ1v) is 7.66. The van der Waals surface area contributed by atoms with Crippen LogP contribution in [0, 0.1) is 0 Å². The van der Waals surface area contributed by atoms with Gasteiger partial charge in [0.15, 0.2) is 11.8 Å². The third-order valence-electron chi connectivity index (χ3n) is 3.27. The number of hydrogen-bond donors (Lipinski definition) is 1. The average molecular weight is 317 g/mol. The fourth-order valence-corrected chi connectivity index (χ4v) is 2.12. The summed E-state index contributed by atoms with van der Waals surface area (Å²) in [6.07, 6.45) is -0.508. The molecule has 0 saturated carbocycles. The molecule has 23 heavy (non-hydrogen) atoms. The zero-order valence-corrected chi connectivity index (χ0v) is 14.0. The topological polar surface area (TPSA) is 80.1 Å². The highest BCUT2D eigenvalue weighted by atomic mass is 16.5. The Kier molecular flexibility index (Phi) is 4.82. The highest BCUT2D eigenvalue weighted by Crippen LogP contribution is 2.33. The van der Waals surface area contributed by atoms with Gasteiger partial charge in [-0.1, -0.05) is 30.3 Å². The maximum atomic E-state index is 12.4. The van der Waals surface area contributed by atoms with Crippen LogP contribution in [0.2, 0.25) is 0 Å². The molecule has 0 aromatic heterocycles. The van der Waals surface area contributed by atoms with Crippen LogP contribution in [0.4, 0.5) is 0 Å². The van der Waals surface area contributed by atoms with Crippen LogP contribution in [0.15, 0.2) is 40.6 Å². The molecule has 1 aliphatic heterocycles. The highest BCUT2D eigenvalue weighted by Gasteiger charge is 2.41. The number of hydrogen-bond acceptors (Lipinski definition) is 5. The van der Waals surface area contributed by atoms with Crippen molar-refractivity contribution in [1.82, 2.24) is 5.32 Å².